The minimum atomic E-state index is -5.17. The van der Waals surface area contributed by atoms with Gasteiger partial charge in [-0.05, 0) is 25.0 Å². The summed E-state index contributed by atoms with van der Waals surface area (Å²) in [4.78, 5) is 20.9. The van der Waals surface area contributed by atoms with Crippen LogP contribution in [0.1, 0.15) is 36.0 Å². The molecule has 16 heteroatoms. The number of sulfonamides is 1. The van der Waals surface area contributed by atoms with Crippen molar-refractivity contribution in [3.8, 4) is 5.75 Å². The minimum Gasteiger partial charge on any atom is -0.405 e. The number of hydrogen-bond donors (Lipinski definition) is 2. The number of alkyl halides is 5. The fourth-order valence-corrected chi connectivity index (χ4v) is 6.20. The molecule has 9 nitrogen and oxygen atoms in total. The summed E-state index contributed by atoms with van der Waals surface area (Å²) in [6.45, 7) is 0.0948. The van der Waals surface area contributed by atoms with Gasteiger partial charge in [-0.15, -0.1) is 13.2 Å². The van der Waals surface area contributed by atoms with E-state index in [1.807, 2.05) is 0 Å². The first-order valence-electron chi connectivity index (χ1n) is 11.7. The van der Waals surface area contributed by atoms with Gasteiger partial charge in [-0.1, -0.05) is 6.07 Å². The molecule has 2 aromatic rings. The second-order valence-electron chi connectivity index (χ2n) is 9.23. The van der Waals surface area contributed by atoms with Gasteiger partial charge in [0.15, 0.2) is 5.03 Å². The number of rotatable bonds is 7. The summed E-state index contributed by atoms with van der Waals surface area (Å²) >= 11 is 0. The van der Waals surface area contributed by atoms with Gasteiger partial charge < -0.3 is 15.0 Å². The lowest BCUT2D eigenvalue weighted by molar-refractivity contribution is -0.274. The number of nitrogens with one attached hydrogen (secondary N) is 2. The second kappa shape index (κ2) is 10.4. The number of aromatic nitrogens is 2. The third-order valence-corrected chi connectivity index (χ3v) is 8.74. The number of carbonyl (C=O) groups excluding carboxylic acids is 1. The minimum absolute atomic E-state index is 0.0321. The summed E-state index contributed by atoms with van der Waals surface area (Å²) in [5, 5.41) is 2.32. The van der Waals surface area contributed by atoms with Crippen molar-refractivity contribution in [1.82, 2.24) is 24.5 Å². The predicted octanol–water partition coefficient (Wildman–Crippen LogP) is 3.13. The Labute approximate surface area is 214 Å². The number of amides is 1. The van der Waals surface area contributed by atoms with E-state index in [1.165, 1.54) is 16.8 Å². The zero-order valence-corrected chi connectivity index (χ0v) is 20.7. The van der Waals surface area contributed by atoms with Crippen molar-refractivity contribution < 1.29 is 44.3 Å². The number of halogens is 6. The van der Waals surface area contributed by atoms with E-state index in [2.05, 4.69) is 20.0 Å². The van der Waals surface area contributed by atoms with Gasteiger partial charge in [-0.3, -0.25) is 9.69 Å². The van der Waals surface area contributed by atoms with Gasteiger partial charge in [0.1, 0.15) is 17.1 Å². The average molecular weight is 570 g/mol. The summed E-state index contributed by atoms with van der Waals surface area (Å²) < 4.78 is 111. The number of hydrogen-bond acceptors (Lipinski definition) is 6. The number of ether oxygens (including phenoxy) is 1. The van der Waals surface area contributed by atoms with Gasteiger partial charge in [0.05, 0.1) is 12.5 Å². The summed E-state index contributed by atoms with van der Waals surface area (Å²) in [6, 6.07) is 2.55. The van der Waals surface area contributed by atoms with Gasteiger partial charge in [0, 0.05) is 51.1 Å². The first-order chi connectivity index (χ1) is 17.7. The maximum Gasteiger partial charge on any atom is 0.573 e. The highest BCUT2D eigenvalue weighted by atomic mass is 32.2. The van der Waals surface area contributed by atoms with Crippen molar-refractivity contribution in [2.24, 2.45) is 0 Å². The Balaban J connectivity index is 1.51. The van der Waals surface area contributed by atoms with Crippen LogP contribution in [0.3, 0.4) is 0 Å². The van der Waals surface area contributed by atoms with E-state index < -0.39 is 63.7 Å². The van der Waals surface area contributed by atoms with Crippen LogP contribution in [-0.2, 0) is 10.0 Å². The summed E-state index contributed by atoms with van der Waals surface area (Å²) in [5.41, 5.74) is -2.01. The standard InChI is InChI=1S/C22H25F6N5O4S/c23-15-2-1-3-16(37-22(26,27)28)18(15)19(34)30-13-20(4-6-21(24,25)7-5-20)32-8-10-33(11-9-32)38(35,36)17-12-29-14-31-17/h1-3,12,14H,4-11,13H2,(H,29,31)(H,30,34). The molecular weight excluding hydrogens is 544 g/mol. The molecule has 210 valence electrons. The van der Waals surface area contributed by atoms with E-state index in [9.17, 15) is 39.6 Å². The van der Waals surface area contributed by atoms with E-state index in [0.29, 0.717) is 0 Å². The molecule has 1 saturated heterocycles. The predicted molar refractivity (Wildman–Crippen MR) is 120 cm³/mol. The Morgan fingerprint density at radius 3 is 2.34 bits per heavy atom. The zero-order valence-electron chi connectivity index (χ0n) is 19.9. The molecule has 0 radical (unpaired) electrons. The largest absolute Gasteiger partial charge is 0.573 e. The number of nitrogens with zero attached hydrogens (tertiary/aromatic N) is 3. The molecule has 1 aliphatic carbocycles. The van der Waals surface area contributed by atoms with Crippen molar-refractivity contribution in [1.29, 1.82) is 0 Å². The number of carbonyl (C=O) groups is 1. The van der Waals surface area contributed by atoms with Crippen LogP contribution in [0.15, 0.2) is 35.7 Å². The molecule has 4 rings (SSSR count). The van der Waals surface area contributed by atoms with Crippen LogP contribution in [0.25, 0.3) is 0 Å². The highest BCUT2D eigenvalue weighted by Gasteiger charge is 2.48. The summed E-state index contributed by atoms with van der Waals surface area (Å²) in [5.74, 6) is -6.40. The number of piperazine rings is 1. The second-order valence-corrected chi connectivity index (χ2v) is 11.1. The summed E-state index contributed by atoms with van der Waals surface area (Å²) in [7, 11) is -3.85. The molecule has 1 aromatic heterocycles. The smallest absolute Gasteiger partial charge is 0.405 e. The van der Waals surface area contributed by atoms with Gasteiger partial charge >= 0.3 is 6.36 Å². The van der Waals surface area contributed by atoms with Crippen molar-refractivity contribution in [2.45, 2.75) is 48.5 Å². The molecule has 1 amide bonds. The maximum atomic E-state index is 14.4. The van der Waals surface area contributed by atoms with Gasteiger partial charge in [0.25, 0.3) is 15.9 Å². The van der Waals surface area contributed by atoms with Crippen LogP contribution in [0.2, 0.25) is 0 Å². The lowest BCUT2D eigenvalue weighted by atomic mass is 9.78. The fraction of sp³-hybridized carbons (Fsp3) is 0.545. The van der Waals surface area contributed by atoms with E-state index in [1.54, 1.807) is 4.90 Å². The van der Waals surface area contributed by atoms with Crippen molar-refractivity contribution in [2.75, 3.05) is 32.7 Å². The molecule has 2 N–H and O–H groups in total. The Bertz CT molecular complexity index is 1240. The number of H-pyrrole nitrogens is 1. The lowest BCUT2D eigenvalue weighted by Gasteiger charge is -2.50. The molecule has 1 saturated carbocycles. The third-order valence-electron chi connectivity index (χ3n) is 6.92. The topological polar surface area (TPSA) is 108 Å². The fourth-order valence-electron chi connectivity index (χ4n) is 4.88. The maximum absolute atomic E-state index is 14.4. The van der Waals surface area contributed by atoms with E-state index >= 15 is 0 Å². The Hall–Kier alpha value is -2.85. The highest BCUT2D eigenvalue weighted by Crippen LogP contribution is 2.42. The monoisotopic (exact) mass is 569 g/mol. The molecule has 2 aliphatic rings. The Kier molecular flexibility index (Phi) is 7.69. The molecule has 1 aromatic carbocycles. The lowest BCUT2D eigenvalue weighted by Crippen LogP contribution is -2.63. The van der Waals surface area contributed by atoms with Crippen LogP contribution in [0, 0.1) is 5.82 Å². The van der Waals surface area contributed by atoms with Gasteiger partial charge in [-0.25, -0.2) is 26.6 Å². The van der Waals surface area contributed by atoms with E-state index in [4.69, 9.17) is 0 Å². The molecule has 38 heavy (non-hydrogen) atoms. The van der Waals surface area contributed by atoms with E-state index in [0.717, 1.165) is 18.2 Å². The normalized spacial score (nSPS) is 20.7. The summed E-state index contributed by atoms with van der Waals surface area (Å²) in [6.07, 6.45) is -3.93. The Morgan fingerprint density at radius 1 is 1.11 bits per heavy atom. The molecular formula is C22H25F6N5O4S. The SMILES string of the molecule is O=C(NCC1(N2CCN(S(=O)(=O)c3cnc[nH]3)CC2)CCC(F)(F)CC1)c1c(F)cccc1OC(F)(F)F. The molecule has 2 fully saturated rings. The van der Waals surface area contributed by atoms with Gasteiger partial charge in [0.2, 0.25) is 5.92 Å². The zero-order chi connectivity index (χ0) is 27.8. The van der Waals surface area contributed by atoms with Crippen LogP contribution >= 0.6 is 0 Å². The molecule has 0 bridgehead atoms. The molecule has 0 unspecified atom stereocenters. The number of aromatic amines is 1. The quantitative estimate of drug-likeness (QED) is 0.497. The van der Waals surface area contributed by atoms with Crippen LogP contribution in [0.5, 0.6) is 5.75 Å². The van der Waals surface area contributed by atoms with Crippen molar-refractivity contribution >= 4 is 15.9 Å². The first-order valence-corrected chi connectivity index (χ1v) is 13.1. The molecule has 1 aliphatic heterocycles. The average Bonchev–Trinajstić information content (AvgIpc) is 3.39. The number of benzene rings is 1. The molecule has 2 heterocycles. The van der Waals surface area contributed by atoms with Crippen LogP contribution in [0.4, 0.5) is 26.3 Å². The number of imidazole rings is 1. The molecule has 0 spiro atoms. The molecule has 0 atom stereocenters. The van der Waals surface area contributed by atoms with Crippen molar-refractivity contribution in [3.05, 3.63) is 42.1 Å². The highest BCUT2D eigenvalue weighted by molar-refractivity contribution is 7.89. The Morgan fingerprint density at radius 2 is 1.76 bits per heavy atom. The van der Waals surface area contributed by atoms with E-state index in [-0.39, 0.29) is 50.6 Å². The third kappa shape index (κ3) is 6.07. The van der Waals surface area contributed by atoms with Crippen molar-refractivity contribution in [3.63, 3.8) is 0 Å². The first kappa shape index (κ1) is 28.2. The van der Waals surface area contributed by atoms with Gasteiger partial charge in [-0.2, -0.15) is 4.31 Å². The van der Waals surface area contributed by atoms with Crippen LogP contribution in [-0.4, -0.2) is 84.0 Å². The van der Waals surface area contributed by atoms with Crippen LogP contribution < -0.4 is 10.1 Å².